The molecule has 0 spiro atoms. The van der Waals surface area contributed by atoms with Gasteiger partial charge >= 0.3 is 0 Å². The van der Waals surface area contributed by atoms with Gasteiger partial charge in [-0.2, -0.15) is 0 Å². The Balaban J connectivity index is 2.10. The minimum Gasteiger partial charge on any atom is -0.382 e. The van der Waals surface area contributed by atoms with E-state index in [1.807, 2.05) is 6.20 Å². The molecule has 0 saturated carbocycles. The summed E-state index contributed by atoms with van der Waals surface area (Å²) in [5.74, 6) is 0. The van der Waals surface area contributed by atoms with Gasteiger partial charge in [0.1, 0.15) is 5.69 Å². The van der Waals surface area contributed by atoms with Crippen LogP contribution in [0.2, 0.25) is 0 Å². The number of hydrogen-bond acceptors (Lipinski definition) is 5. The van der Waals surface area contributed by atoms with Crippen molar-refractivity contribution < 1.29 is 14.2 Å². The van der Waals surface area contributed by atoms with Gasteiger partial charge in [-0.1, -0.05) is 18.6 Å². The molecule has 1 heterocycles. The van der Waals surface area contributed by atoms with Crippen LogP contribution < -0.4 is 0 Å². The Morgan fingerprint density at radius 3 is 2.83 bits per heavy atom. The number of nitrogens with zero attached hydrogens (tertiary/aromatic N) is 3. The SMILES string of the molecule is CCCCOCc1cn(CCOCCOC)nn1. The molecule has 0 aliphatic carbocycles. The van der Waals surface area contributed by atoms with Crippen molar-refractivity contribution in [2.75, 3.05) is 33.5 Å². The molecule has 1 aromatic heterocycles. The van der Waals surface area contributed by atoms with Gasteiger partial charge in [-0.05, 0) is 6.42 Å². The summed E-state index contributed by atoms with van der Waals surface area (Å²) in [5, 5.41) is 8.04. The topological polar surface area (TPSA) is 58.4 Å². The highest BCUT2D eigenvalue weighted by molar-refractivity contribution is 4.89. The van der Waals surface area contributed by atoms with Gasteiger partial charge < -0.3 is 14.2 Å². The van der Waals surface area contributed by atoms with Gasteiger partial charge in [-0.15, -0.1) is 5.10 Å². The third-order valence-corrected chi connectivity index (χ3v) is 2.37. The Labute approximate surface area is 108 Å². The van der Waals surface area contributed by atoms with Crippen molar-refractivity contribution >= 4 is 0 Å². The van der Waals surface area contributed by atoms with E-state index >= 15 is 0 Å². The molecule has 0 fully saturated rings. The molecule has 0 radical (unpaired) electrons. The van der Waals surface area contributed by atoms with Crippen LogP contribution in [0.1, 0.15) is 25.5 Å². The Hall–Kier alpha value is -0.980. The molecule has 0 aliphatic heterocycles. The van der Waals surface area contributed by atoms with E-state index in [4.69, 9.17) is 14.2 Å². The first kappa shape index (κ1) is 15.1. The molecular formula is C12H23N3O3. The summed E-state index contributed by atoms with van der Waals surface area (Å²) >= 11 is 0. The molecule has 0 bridgehead atoms. The van der Waals surface area contributed by atoms with Crippen molar-refractivity contribution in [3.8, 4) is 0 Å². The quantitative estimate of drug-likeness (QED) is 0.559. The van der Waals surface area contributed by atoms with E-state index < -0.39 is 0 Å². The first-order chi connectivity index (χ1) is 8.86. The Morgan fingerprint density at radius 1 is 1.17 bits per heavy atom. The van der Waals surface area contributed by atoms with Crippen LogP contribution in [0.3, 0.4) is 0 Å². The number of methoxy groups -OCH3 is 1. The van der Waals surface area contributed by atoms with Crippen LogP contribution in [-0.2, 0) is 27.4 Å². The predicted octanol–water partition coefficient (Wildman–Crippen LogP) is 1.26. The largest absolute Gasteiger partial charge is 0.382 e. The van der Waals surface area contributed by atoms with E-state index in [-0.39, 0.29) is 0 Å². The highest BCUT2D eigenvalue weighted by atomic mass is 16.5. The van der Waals surface area contributed by atoms with Gasteiger partial charge in [0.25, 0.3) is 0 Å². The third-order valence-electron chi connectivity index (χ3n) is 2.37. The summed E-state index contributed by atoms with van der Waals surface area (Å²) in [5.41, 5.74) is 0.864. The Kier molecular flexibility index (Phi) is 8.37. The molecule has 18 heavy (non-hydrogen) atoms. The van der Waals surface area contributed by atoms with Gasteiger partial charge in [0.15, 0.2) is 0 Å². The molecule has 104 valence electrons. The van der Waals surface area contributed by atoms with E-state index in [0.717, 1.165) is 25.1 Å². The molecule has 0 aliphatic rings. The van der Waals surface area contributed by atoms with Gasteiger partial charge in [0.05, 0.1) is 39.2 Å². The normalized spacial score (nSPS) is 11.0. The highest BCUT2D eigenvalue weighted by Crippen LogP contribution is 1.98. The van der Waals surface area contributed by atoms with Crippen LogP contribution in [0.4, 0.5) is 0 Å². The van der Waals surface area contributed by atoms with E-state index in [2.05, 4.69) is 17.2 Å². The zero-order valence-corrected chi connectivity index (χ0v) is 11.3. The lowest BCUT2D eigenvalue weighted by molar-refractivity contribution is 0.0652. The summed E-state index contributed by atoms with van der Waals surface area (Å²) < 4.78 is 17.5. The number of ether oxygens (including phenoxy) is 3. The summed E-state index contributed by atoms with van der Waals surface area (Å²) in [4.78, 5) is 0. The minimum absolute atomic E-state index is 0.532. The number of unbranched alkanes of at least 4 members (excludes halogenated alkanes) is 1. The Morgan fingerprint density at radius 2 is 2.06 bits per heavy atom. The lowest BCUT2D eigenvalue weighted by Crippen LogP contribution is -2.09. The third kappa shape index (κ3) is 6.68. The molecule has 0 N–H and O–H groups in total. The highest BCUT2D eigenvalue weighted by Gasteiger charge is 2.00. The van der Waals surface area contributed by atoms with E-state index in [0.29, 0.717) is 33.0 Å². The molecule has 6 heteroatoms. The number of aromatic nitrogens is 3. The molecule has 0 aromatic carbocycles. The van der Waals surface area contributed by atoms with Gasteiger partial charge in [0.2, 0.25) is 0 Å². The van der Waals surface area contributed by atoms with Crippen molar-refractivity contribution in [3.05, 3.63) is 11.9 Å². The fourth-order valence-electron chi connectivity index (χ4n) is 1.34. The predicted molar refractivity (Wildman–Crippen MR) is 67.3 cm³/mol. The van der Waals surface area contributed by atoms with E-state index in [1.165, 1.54) is 0 Å². The molecular weight excluding hydrogens is 234 g/mol. The average Bonchev–Trinajstić information content (AvgIpc) is 2.82. The van der Waals surface area contributed by atoms with Crippen LogP contribution >= 0.6 is 0 Å². The van der Waals surface area contributed by atoms with Crippen molar-refractivity contribution in [1.82, 2.24) is 15.0 Å². The van der Waals surface area contributed by atoms with Crippen LogP contribution in [-0.4, -0.2) is 48.5 Å². The zero-order chi connectivity index (χ0) is 13.1. The summed E-state index contributed by atoms with van der Waals surface area (Å²) in [6.07, 6.45) is 4.12. The van der Waals surface area contributed by atoms with Crippen LogP contribution in [0.25, 0.3) is 0 Å². The molecule has 1 aromatic rings. The minimum atomic E-state index is 0.532. The maximum atomic E-state index is 5.47. The second-order valence-corrected chi connectivity index (χ2v) is 3.98. The Bertz CT molecular complexity index is 305. The first-order valence-corrected chi connectivity index (χ1v) is 6.40. The lowest BCUT2D eigenvalue weighted by Gasteiger charge is -2.02. The van der Waals surface area contributed by atoms with Gasteiger partial charge in [-0.25, -0.2) is 4.68 Å². The molecule has 0 saturated heterocycles. The molecule has 1 rings (SSSR count). The maximum Gasteiger partial charge on any atom is 0.108 e. The van der Waals surface area contributed by atoms with Crippen molar-refractivity contribution in [2.24, 2.45) is 0 Å². The van der Waals surface area contributed by atoms with Crippen molar-refractivity contribution in [2.45, 2.75) is 32.9 Å². The summed E-state index contributed by atoms with van der Waals surface area (Å²) in [7, 11) is 1.66. The molecule has 0 atom stereocenters. The summed E-state index contributed by atoms with van der Waals surface area (Å²) in [6, 6.07) is 0. The van der Waals surface area contributed by atoms with E-state index in [1.54, 1.807) is 11.8 Å². The number of hydrogen-bond donors (Lipinski definition) is 0. The number of rotatable bonds is 11. The fraction of sp³-hybridized carbons (Fsp3) is 0.833. The van der Waals surface area contributed by atoms with Crippen LogP contribution in [0.5, 0.6) is 0 Å². The van der Waals surface area contributed by atoms with Gasteiger partial charge in [0, 0.05) is 13.7 Å². The maximum absolute atomic E-state index is 5.47. The lowest BCUT2D eigenvalue weighted by atomic mass is 10.4. The van der Waals surface area contributed by atoms with Crippen molar-refractivity contribution in [3.63, 3.8) is 0 Å². The standard InChI is InChI=1S/C12H23N3O3/c1-3-4-6-18-11-12-10-15(14-13-12)5-7-17-9-8-16-2/h10H,3-9,11H2,1-2H3. The average molecular weight is 257 g/mol. The second-order valence-electron chi connectivity index (χ2n) is 3.98. The first-order valence-electron chi connectivity index (χ1n) is 6.40. The summed E-state index contributed by atoms with van der Waals surface area (Å²) in [6.45, 7) is 6.00. The second kappa shape index (κ2) is 9.99. The monoisotopic (exact) mass is 257 g/mol. The van der Waals surface area contributed by atoms with E-state index in [9.17, 15) is 0 Å². The van der Waals surface area contributed by atoms with Crippen molar-refractivity contribution in [1.29, 1.82) is 0 Å². The molecule has 6 nitrogen and oxygen atoms in total. The van der Waals surface area contributed by atoms with Gasteiger partial charge in [-0.3, -0.25) is 0 Å². The molecule has 0 unspecified atom stereocenters. The van der Waals surface area contributed by atoms with Crippen LogP contribution in [0, 0.1) is 0 Å². The zero-order valence-electron chi connectivity index (χ0n) is 11.3. The fourth-order valence-corrected chi connectivity index (χ4v) is 1.34. The smallest absolute Gasteiger partial charge is 0.108 e. The molecule has 0 amide bonds. The van der Waals surface area contributed by atoms with Crippen LogP contribution in [0.15, 0.2) is 6.20 Å².